The average Bonchev–Trinajstić information content (AvgIpc) is 3.21. The number of carbonyl (C=O) groups excluding carboxylic acids is 2. The lowest BCUT2D eigenvalue weighted by atomic mass is 10.1. The standard InChI is InChI=1S/C25H27ClN4O3S/c1-5-14-30-23(17(4)33-21-13-8-7-12-20(21)26)28-29-25(30)34-22(6-2)24(32)27-19-11-9-10-18(15-19)16(3)31/h5,7-13,15,17,22H,1,6,14H2,2-4H3,(H,27,32). The number of nitrogens with one attached hydrogen (secondary N) is 1. The summed E-state index contributed by atoms with van der Waals surface area (Å²) in [6.45, 7) is 9.58. The number of hydrogen-bond donors (Lipinski definition) is 1. The maximum absolute atomic E-state index is 13.0. The number of nitrogens with zero attached hydrogens (tertiary/aromatic N) is 3. The van der Waals surface area contributed by atoms with Gasteiger partial charge in [0, 0.05) is 17.8 Å². The van der Waals surface area contributed by atoms with Crippen molar-refractivity contribution in [3.8, 4) is 5.75 Å². The van der Waals surface area contributed by atoms with Gasteiger partial charge in [-0.05, 0) is 44.5 Å². The molecule has 0 aliphatic rings. The highest BCUT2D eigenvalue weighted by Gasteiger charge is 2.25. The van der Waals surface area contributed by atoms with Gasteiger partial charge in [-0.1, -0.05) is 60.6 Å². The van der Waals surface area contributed by atoms with Crippen LogP contribution < -0.4 is 10.1 Å². The first-order chi connectivity index (χ1) is 16.3. The second-order valence-electron chi connectivity index (χ2n) is 7.57. The lowest BCUT2D eigenvalue weighted by Gasteiger charge is -2.18. The Morgan fingerprint density at radius 2 is 2.00 bits per heavy atom. The van der Waals surface area contributed by atoms with Crippen LogP contribution in [-0.2, 0) is 11.3 Å². The number of para-hydroxylation sites is 1. The summed E-state index contributed by atoms with van der Waals surface area (Å²) in [6, 6.07) is 14.1. The highest BCUT2D eigenvalue weighted by atomic mass is 35.5. The number of hydrogen-bond acceptors (Lipinski definition) is 6. The molecule has 1 N–H and O–H groups in total. The molecular weight excluding hydrogens is 472 g/mol. The first-order valence-electron chi connectivity index (χ1n) is 10.9. The summed E-state index contributed by atoms with van der Waals surface area (Å²) in [4.78, 5) is 24.6. The van der Waals surface area contributed by atoms with Gasteiger partial charge in [0.25, 0.3) is 0 Å². The Kier molecular flexibility index (Phi) is 8.90. The summed E-state index contributed by atoms with van der Waals surface area (Å²) in [5.74, 6) is 0.920. The van der Waals surface area contributed by atoms with Crippen LogP contribution in [0.3, 0.4) is 0 Å². The van der Waals surface area contributed by atoms with Crippen LogP contribution >= 0.6 is 23.4 Å². The lowest BCUT2D eigenvalue weighted by molar-refractivity contribution is -0.115. The molecule has 0 spiro atoms. The summed E-state index contributed by atoms with van der Waals surface area (Å²) >= 11 is 7.55. The van der Waals surface area contributed by atoms with Gasteiger partial charge in [-0.3, -0.25) is 14.2 Å². The van der Waals surface area contributed by atoms with E-state index in [2.05, 4.69) is 22.1 Å². The van der Waals surface area contributed by atoms with Gasteiger partial charge in [-0.2, -0.15) is 0 Å². The van der Waals surface area contributed by atoms with Crippen LogP contribution in [-0.4, -0.2) is 31.7 Å². The van der Waals surface area contributed by atoms with Crippen LogP contribution in [0, 0.1) is 0 Å². The summed E-state index contributed by atoms with van der Waals surface area (Å²) < 4.78 is 7.89. The number of amides is 1. The van der Waals surface area contributed by atoms with E-state index in [1.54, 1.807) is 42.5 Å². The smallest absolute Gasteiger partial charge is 0.237 e. The van der Waals surface area contributed by atoms with E-state index in [-0.39, 0.29) is 11.7 Å². The van der Waals surface area contributed by atoms with Crippen molar-refractivity contribution in [3.05, 3.63) is 77.6 Å². The van der Waals surface area contributed by atoms with Crippen LogP contribution in [0.1, 0.15) is 49.5 Å². The fourth-order valence-electron chi connectivity index (χ4n) is 3.26. The van der Waals surface area contributed by atoms with E-state index in [1.165, 1.54) is 18.7 Å². The minimum absolute atomic E-state index is 0.0595. The molecule has 3 rings (SSSR count). The average molecular weight is 499 g/mol. The SMILES string of the molecule is C=CCn1c(SC(CC)C(=O)Nc2cccc(C(C)=O)c2)nnc1C(C)Oc1ccccc1Cl. The molecule has 0 bridgehead atoms. The van der Waals surface area contributed by atoms with E-state index in [4.69, 9.17) is 16.3 Å². The maximum Gasteiger partial charge on any atom is 0.237 e. The minimum Gasteiger partial charge on any atom is -0.481 e. The third-order valence-electron chi connectivity index (χ3n) is 5.01. The van der Waals surface area contributed by atoms with Crippen LogP contribution in [0.5, 0.6) is 5.75 Å². The Balaban J connectivity index is 1.77. The summed E-state index contributed by atoms with van der Waals surface area (Å²) in [7, 11) is 0. The van der Waals surface area contributed by atoms with Crippen molar-refractivity contribution in [2.24, 2.45) is 0 Å². The summed E-state index contributed by atoms with van der Waals surface area (Å²) in [5.41, 5.74) is 1.12. The van der Waals surface area contributed by atoms with Gasteiger partial charge in [0.05, 0.1) is 10.3 Å². The zero-order valence-electron chi connectivity index (χ0n) is 19.3. The summed E-state index contributed by atoms with van der Waals surface area (Å²) in [5, 5.41) is 12.2. The lowest BCUT2D eigenvalue weighted by Crippen LogP contribution is -2.25. The van der Waals surface area contributed by atoms with Crippen LogP contribution in [0.4, 0.5) is 5.69 Å². The zero-order chi connectivity index (χ0) is 24.7. The number of thioether (sulfide) groups is 1. The molecule has 1 aromatic heterocycles. The van der Waals surface area contributed by atoms with Crippen LogP contribution in [0.25, 0.3) is 0 Å². The van der Waals surface area contributed by atoms with Crippen molar-refractivity contribution in [1.82, 2.24) is 14.8 Å². The first kappa shape index (κ1) is 25.5. The molecule has 2 unspecified atom stereocenters. The third-order valence-corrected chi connectivity index (χ3v) is 6.67. The van der Waals surface area contributed by atoms with Gasteiger partial charge < -0.3 is 10.1 Å². The number of halogens is 1. The topological polar surface area (TPSA) is 86.1 Å². The molecule has 0 radical (unpaired) electrons. The van der Waals surface area contributed by atoms with Gasteiger partial charge in [0.1, 0.15) is 5.75 Å². The second-order valence-corrected chi connectivity index (χ2v) is 9.15. The van der Waals surface area contributed by atoms with Gasteiger partial charge >= 0.3 is 0 Å². The maximum atomic E-state index is 13.0. The molecule has 7 nitrogen and oxygen atoms in total. The third kappa shape index (κ3) is 6.27. The normalized spacial score (nSPS) is 12.6. The molecule has 34 heavy (non-hydrogen) atoms. The Bertz CT molecular complexity index is 1180. The number of ether oxygens (including phenoxy) is 1. The predicted molar refractivity (Wildman–Crippen MR) is 136 cm³/mol. The number of Topliss-reactive ketones (excluding diaryl/α,β-unsaturated/α-hetero) is 1. The number of carbonyl (C=O) groups is 2. The quantitative estimate of drug-likeness (QED) is 0.199. The molecule has 0 aliphatic carbocycles. The Labute approximate surface area is 208 Å². The van der Waals surface area contributed by atoms with Crippen LogP contribution in [0.2, 0.25) is 5.02 Å². The summed E-state index contributed by atoms with van der Waals surface area (Å²) in [6.07, 6.45) is 1.89. The molecule has 0 saturated heterocycles. The Hall–Kier alpha value is -3.10. The van der Waals surface area contributed by atoms with Crippen molar-refractivity contribution in [2.75, 3.05) is 5.32 Å². The van der Waals surface area contributed by atoms with Gasteiger partial charge in [0.2, 0.25) is 5.91 Å². The zero-order valence-corrected chi connectivity index (χ0v) is 20.9. The fourth-order valence-corrected chi connectivity index (χ4v) is 4.41. The van der Waals surface area contributed by atoms with Crippen molar-refractivity contribution in [3.63, 3.8) is 0 Å². The van der Waals surface area contributed by atoms with Crippen molar-refractivity contribution < 1.29 is 14.3 Å². The van der Waals surface area contributed by atoms with E-state index in [0.29, 0.717) is 46.0 Å². The number of benzene rings is 2. The van der Waals surface area contributed by atoms with E-state index >= 15 is 0 Å². The molecule has 2 aromatic carbocycles. The Morgan fingerprint density at radius 3 is 2.68 bits per heavy atom. The van der Waals surface area contributed by atoms with Crippen molar-refractivity contribution >= 4 is 40.7 Å². The largest absolute Gasteiger partial charge is 0.481 e. The molecule has 0 saturated carbocycles. The van der Waals surface area contributed by atoms with Crippen molar-refractivity contribution in [2.45, 2.75) is 50.2 Å². The highest BCUT2D eigenvalue weighted by Crippen LogP contribution is 2.31. The van der Waals surface area contributed by atoms with E-state index in [1.807, 2.05) is 30.5 Å². The highest BCUT2D eigenvalue weighted by molar-refractivity contribution is 8.00. The molecule has 1 heterocycles. The molecule has 0 fully saturated rings. The predicted octanol–water partition coefficient (Wildman–Crippen LogP) is 5.97. The van der Waals surface area contributed by atoms with E-state index in [0.717, 1.165) is 0 Å². The molecule has 178 valence electrons. The molecule has 3 aromatic rings. The second kappa shape index (κ2) is 11.9. The van der Waals surface area contributed by atoms with Crippen molar-refractivity contribution in [1.29, 1.82) is 0 Å². The van der Waals surface area contributed by atoms with E-state index in [9.17, 15) is 9.59 Å². The first-order valence-corrected chi connectivity index (χ1v) is 12.1. The molecular formula is C25H27ClN4O3S. The van der Waals surface area contributed by atoms with E-state index < -0.39 is 11.4 Å². The van der Waals surface area contributed by atoms with Gasteiger partial charge in [-0.25, -0.2) is 0 Å². The molecule has 0 aliphatic heterocycles. The molecule has 2 atom stereocenters. The Morgan fingerprint density at radius 1 is 1.24 bits per heavy atom. The molecule has 1 amide bonds. The monoisotopic (exact) mass is 498 g/mol. The van der Waals surface area contributed by atoms with Gasteiger partial charge in [0.15, 0.2) is 22.9 Å². The fraction of sp³-hybridized carbons (Fsp3) is 0.280. The number of aromatic nitrogens is 3. The molecule has 9 heteroatoms. The van der Waals surface area contributed by atoms with Crippen LogP contribution in [0.15, 0.2) is 66.3 Å². The minimum atomic E-state index is -0.426. The number of rotatable bonds is 11. The number of ketones is 1. The number of allylic oxidation sites excluding steroid dienone is 1. The number of anilines is 1. The van der Waals surface area contributed by atoms with Gasteiger partial charge in [-0.15, -0.1) is 16.8 Å².